The molecule has 2 fully saturated rings. The molecule has 0 spiro atoms. The van der Waals surface area contributed by atoms with Gasteiger partial charge >= 0.3 is 0 Å². The first kappa shape index (κ1) is 35.3. The molecule has 0 bridgehead atoms. The van der Waals surface area contributed by atoms with Gasteiger partial charge in [0.1, 0.15) is 17.6 Å². The predicted octanol–water partition coefficient (Wildman–Crippen LogP) is 9.90. The molecular formula is C41H59NO3. The van der Waals surface area contributed by atoms with Crippen molar-refractivity contribution in [2.75, 3.05) is 0 Å². The Morgan fingerprint density at radius 1 is 1.00 bits per heavy atom. The van der Waals surface area contributed by atoms with Crippen molar-refractivity contribution < 1.29 is 14.4 Å². The Bertz CT molecular complexity index is 1380. The molecular weight excluding hydrogens is 554 g/mol. The fraction of sp³-hybridized carbons (Fsp3) is 0.707. The lowest BCUT2D eigenvalue weighted by atomic mass is 9.39. The van der Waals surface area contributed by atoms with E-state index >= 15 is 0 Å². The van der Waals surface area contributed by atoms with E-state index in [0.29, 0.717) is 24.5 Å². The van der Waals surface area contributed by atoms with Gasteiger partial charge in [-0.25, -0.2) is 0 Å². The van der Waals surface area contributed by atoms with Gasteiger partial charge < -0.3 is 4.79 Å². The van der Waals surface area contributed by atoms with E-state index in [4.69, 9.17) is 0 Å². The second-order valence-corrected chi connectivity index (χ2v) is 17.8. The third-order valence-electron chi connectivity index (χ3n) is 13.8. The molecule has 4 rings (SSSR count). The van der Waals surface area contributed by atoms with Crippen LogP contribution in [0.3, 0.4) is 0 Å². The molecule has 0 radical (unpaired) electrons. The fourth-order valence-electron chi connectivity index (χ4n) is 10.5. The molecule has 0 aliphatic heterocycles. The molecule has 45 heavy (non-hydrogen) atoms. The Labute approximate surface area is 273 Å². The van der Waals surface area contributed by atoms with Crippen molar-refractivity contribution in [3.63, 3.8) is 0 Å². The molecule has 1 aromatic carbocycles. The van der Waals surface area contributed by atoms with Gasteiger partial charge in [0.25, 0.3) is 0 Å². The molecule has 4 heteroatoms. The number of ketones is 3. The number of fused-ring (bicyclic) bond motifs is 1. The molecule has 3 aliphatic rings. The number of nitriles is 1. The monoisotopic (exact) mass is 613 g/mol. The number of rotatable bonds is 10. The molecule has 246 valence electrons. The van der Waals surface area contributed by atoms with Crippen molar-refractivity contribution in [3.8, 4) is 6.07 Å². The number of aryl methyl sites for hydroxylation is 1. The number of allylic oxidation sites excluding steroid dienone is 2. The molecule has 0 amide bonds. The van der Waals surface area contributed by atoms with E-state index in [-0.39, 0.29) is 50.6 Å². The Morgan fingerprint density at radius 3 is 2.22 bits per heavy atom. The number of carbonyl (C=O) groups is 3. The molecule has 0 aromatic heterocycles. The summed E-state index contributed by atoms with van der Waals surface area (Å²) in [6, 6.07) is 12.6. The van der Waals surface area contributed by atoms with Crippen LogP contribution in [-0.4, -0.2) is 17.3 Å². The van der Waals surface area contributed by atoms with Gasteiger partial charge in [-0.2, -0.15) is 5.26 Å². The maximum Gasteiger partial charge on any atom is 0.178 e. The van der Waals surface area contributed by atoms with E-state index in [1.54, 1.807) is 6.92 Å². The quantitative estimate of drug-likeness (QED) is 0.263. The maximum absolute atomic E-state index is 14.4. The van der Waals surface area contributed by atoms with E-state index in [1.807, 2.05) is 26.0 Å². The first-order valence-corrected chi connectivity index (χ1v) is 17.5. The average molecular weight is 614 g/mol. The SMILES string of the molecule is CC(=O)C[C@@H]1[C@@]2(C)C=C(C#N)C(=O)C(C)(C)[C@@H]2CC[C@@]1(C)C(C)(C)CC[C@@]1(C(=O)CCc2ccccc2)CCC(C)(C)CC1C. The van der Waals surface area contributed by atoms with Crippen molar-refractivity contribution in [2.45, 2.75) is 133 Å². The lowest BCUT2D eigenvalue weighted by Crippen LogP contribution is -2.60. The van der Waals surface area contributed by atoms with Crippen molar-refractivity contribution in [1.82, 2.24) is 0 Å². The van der Waals surface area contributed by atoms with E-state index < -0.39 is 10.8 Å². The van der Waals surface area contributed by atoms with Crippen LogP contribution in [0.2, 0.25) is 0 Å². The number of Topliss-reactive ketones (excluding diaryl/α,β-unsaturated/α-hetero) is 3. The minimum atomic E-state index is -0.658. The van der Waals surface area contributed by atoms with E-state index in [1.165, 1.54) is 5.56 Å². The summed E-state index contributed by atoms with van der Waals surface area (Å²) in [6.07, 6.45) is 10.3. The second-order valence-electron chi connectivity index (χ2n) is 17.8. The van der Waals surface area contributed by atoms with Crippen LogP contribution in [0.15, 0.2) is 42.0 Å². The molecule has 1 aromatic rings. The lowest BCUT2D eigenvalue weighted by molar-refractivity contribution is -0.157. The Hall–Kier alpha value is -2.54. The molecule has 6 atom stereocenters. The number of hydrogen-bond acceptors (Lipinski definition) is 4. The molecule has 4 nitrogen and oxygen atoms in total. The van der Waals surface area contributed by atoms with Gasteiger partial charge in [0.05, 0.1) is 5.57 Å². The summed E-state index contributed by atoms with van der Waals surface area (Å²) in [6.45, 7) is 22.0. The van der Waals surface area contributed by atoms with Gasteiger partial charge in [-0.15, -0.1) is 0 Å². The largest absolute Gasteiger partial charge is 0.300 e. The Morgan fingerprint density at radius 2 is 1.64 bits per heavy atom. The Balaban J connectivity index is 1.69. The van der Waals surface area contributed by atoms with E-state index in [2.05, 4.69) is 78.8 Å². The van der Waals surface area contributed by atoms with Crippen LogP contribution in [0, 0.1) is 61.6 Å². The number of benzene rings is 1. The fourth-order valence-corrected chi connectivity index (χ4v) is 10.5. The standard InChI is InChI=1S/C41H59NO3/c1-28-25-36(3,4)20-22-41(28,34(44)17-16-30-14-12-11-13-15-30)23-21-37(5,6)40(10)19-18-32-38(7,8)35(45)31(27-42)26-39(32,9)33(40)24-29(2)43/h11-15,26,28,32-33H,16-25H2,1-10H3/t28?,32-,33+,39-,40+,41-/m0/s1. The summed E-state index contributed by atoms with van der Waals surface area (Å²) in [7, 11) is 0. The van der Waals surface area contributed by atoms with Crippen molar-refractivity contribution >= 4 is 17.3 Å². The Kier molecular flexibility index (Phi) is 9.61. The minimum absolute atomic E-state index is 0.0144. The topological polar surface area (TPSA) is 75.0 Å². The van der Waals surface area contributed by atoms with Crippen LogP contribution in [0.25, 0.3) is 0 Å². The molecule has 0 saturated heterocycles. The van der Waals surface area contributed by atoms with Crippen LogP contribution in [0.4, 0.5) is 0 Å². The molecule has 0 heterocycles. The van der Waals surface area contributed by atoms with Gasteiger partial charge in [-0.3, -0.25) is 9.59 Å². The number of nitrogens with zero attached hydrogens (tertiary/aromatic N) is 1. The highest BCUT2D eigenvalue weighted by Crippen LogP contribution is 2.68. The van der Waals surface area contributed by atoms with Crippen LogP contribution in [0.5, 0.6) is 0 Å². The summed E-state index contributed by atoms with van der Waals surface area (Å²) < 4.78 is 0. The summed E-state index contributed by atoms with van der Waals surface area (Å²) >= 11 is 0. The number of hydrogen-bond donors (Lipinski definition) is 0. The van der Waals surface area contributed by atoms with Crippen molar-refractivity contribution in [3.05, 3.63) is 47.5 Å². The van der Waals surface area contributed by atoms with E-state index in [0.717, 1.165) is 51.4 Å². The highest BCUT2D eigenvalue weighted by molar-refractivity contribution is 6.04. The second kappa shape index (κ2) is 12.2. The summed E-state index contributed by atoms with van der Waals surface area (Å²) in [5.41, 5.74) is -0.153. The summed E-state index contributed by atoms with van der Waals surface area (Å²) in [5, 5.41) is 10.0. The summed E-state index contributed by atoms with van der Waals surface area (Å²) in [4.78, 5) is 40.7. The lowest BCUT2D eigenvalue weighted by Gasteiger charge is -2.64. The zero-order chi connectivity index (χ0) is 33.6. The molecule has 0 N–H and O–H groups in total. The van der Waals surface area contributed by atoms with Crippen LogP contribution >= 0.6 is 0 Å². The maximum atomic E-state index is 14.4. The zero-order valence-electron chi connectivity index (χ0n) is 29.9. The van der Waals surface area contributed by atoms with Gasteiger partial charge in [-0.05, 0) is 103 Å². The normalized spacial score (nSPS) is 34.3. The average Bonchev–Trinajstić information content (AvgIpc) is 2.95. The van der Waals surface area contributed by atoms with Crippen molar-refractivity contribution in [2.24, 2.45) is 50.2 Å². The van der Waals surface area contributed by atoms with Crippen molar-refractivity contribution in [1.29, 1.82) is 5.26 Å². The van der Waals surface area contributed by atoms with Crippen LogP contribution < -0.4 is 0 Å². The van der Waals surface area contributed by atoms with Gasteiger partial charge in [0.15, 0.2) is 5.78 Å². The first-order chi connectivity index (χ1) is 20.8. The highest BCUT2D eigenvalue weighted by Gasteiger charge is 2.63. The summed E-state index contributed by atoms with van der Waals surface area (Å²) in [5.74, 6) is 0.859. The number of carbonyl (C=O) groups excluding carboxylic acids is 3. The third-order valence-corrected chi connectivity index (χ3v) is 13.8. The van der Waals surface area contributed by atoms with E-state index in [9.17, 15) is 19.6 Å². The zero-order valence-corrected chi connectivity index (χ0v) is 29.9. The molecule has 3 aliphatic carbocycles. The molecule has 2 saturated carbocycles. The minimum Gasteiger partial charge on any atom is -0.300 e. The van der Waals surface area contributed by atoms with Crippen LogP contribution in [-0.2, 0) is 20.8 Å². The van der Waals surface area contributed by atoms with Gasteiger partial charge in [0.2, 0.25) is 0 Å². The predicted molar refractivity (Wildman–Crippen MR) is 182 cm³/mol. The van der Waals surface area contributed by atoms with Gasteiger partial charge in [-0.1, -0.05) is 98.7 Å². The first-order valence-electron chi connectivity index (χ1n) is 17.5. The van der Waals surface area contributed by atoms with Gasteiger partial charge in [0, 0.05) is 23.7 Å². The van der Waals surface area contributed by atoms with Crippen LogP contribution in [0.1, 0.15) is 133 Å². The smallest absolute Gasteiger partial charge is 0.178 e. The highest BCUT2D eigenvalue weighted by atomic mass is 16.1. The third kappa shape index (κ3) is 6.27. The molecule has 1 unspecified atom stereocenters.